The second kappa shape index (κ2) is 24.0. The van der Waals surface area contributed by atoms with Crippen molar-refractivity contribution in [3.05, 3.63) is 29.8 Å². The van der Waals surface area contributed by atoms with Gasteiger partial charge in [-0.15, -0.1) is 0 Å². The number of benzene rings is 1. The van der Waals surface area contributed by atoms with Crippen molar-refractivity contribution in [3.63, 3.8) is 0 Å². The number of aromatic hydroxyl groups is 1. The number of amides is 5. The number of hydrogen-bond donors (Lipinski definition) is 10. The SMILES string of the molecule is CC[C@H](C)[C@H](NC(=O)[C@H](Cc1ccc(O)cc1)NC(=O)[C@@H]1CCCN1C(=O)[C@@H](N)CCCN=C(N)NC(=O)[C@@H](N)CCCNC)C(=O)N[C@@H](CC(C)C)C(=O)O. The second-order valence-electron chi connectivity index (χ2n) is 14.9. The molecule has 0 unspecified atom stereocenters. The maximum Gasteiger partial charge on any atom is 0.326 e. The Bertz CT molecular complexity index is 1490. The number of carbonyl (C=O) groups excluding carboxylic acids is 5. The van der Waals surface area contributed by atoms with Crippen molar-refractivity contribution in [2.24, 2.45) is 34.0 Å². The molecular formula is C38H64N10O8. The van der Waals surface area contributed by atoms with Crippen LogP contribution in [0.1, 0.15) is 84.6 Å². The first-order valence-corrected chi connectivity index (χ1v) is 19.5. The lowest BCUT2D eigenvalue weighted by molar-refractivity contribution is -0.143. The largest absolute Gasteiger partial charge is 0.508 e. The fraction of sp³-hybridized carbons (Fsp3) is 0.658. The minimum absolute atomic E-state index is 0.00957. The Kier molecular flexibility index (Phi) is 20.3. The molecule has 1 saturated heterocycles. The van der Waals surface area contributed by atoms with E-state index in [1.54, 1.807) is 19.1 Å². The summed E-state index contributed by atoms with van der Waals surface area (Å²) >= 11 is 0. The van der Waals surface area contributed by atoms with Crippen LogP contribution in [0, 0.1) is 11.8 Å². The Hall–Kier alpha value is -4.81. The lowest BCUT2D eigenvalue weighted by atomic mass is 9.96. The monoisotopic (exact) mass is 788 g/mol. The Labute approximate surface area is 329 Å². The van der Waals surface area contributed by atoms with E-state index >= 15 is 0 Å². The molecule has 0 bridgehead atoms. The van der Waals surface area contributed by atoms with Crippen LogP contribution in [-0.2, 0) is 35.2 Å². The first-order chi connectivity index (χ1) is 26.5. The zero-order valence-electron chi connectivity index (χ0n) is 33.4. The van der Waals surface area contributed by atoms with Crippen LogP contribution in [0.2, 0.25) is 0 Å². The third-order valence-corrected chi connectivity index (χ3v) is 9.77. The number of phenols is 1. The predicted molar refractivity (Wildman–Crippen MR) is 212 cm³/mol. The van der Waals surface area contributed by atoms with Crippen LogP contribution in [0.3, 0.4) is 0 Å². The van der Waals surface area contributed by atoms with Crippen LogP contribution in [0.15, 0.2) is 29.3 Å². The van der Waals surface area contributed by atoms with E-state index in [2.05, 4.69) is 31.6 Å². The number of rotatable bonds is 23. The number of aliphatic imine (C=N–C) groups is 1. The van der Waals surface area contributed by atoms with Gasteiger partial charge in [0.05, 0.1) is 12.1 Å². The van der Waals surface area contributed by atoms with Crippen molar-refractivity contribution < 1.29 is 39.0 Å². The van der Waals surface area contributed by atoms with Gasteiger partial charge in [0.25, 0.3) is 0 Å². The normalized spacial score (nSPS) is 17.6. The number of carboxylic acid groups (broad SMARTS) is 1. The summed E-state index contributed by atoms with van der Waals surface area (Å²) in [5.74, 6) is -4.47. The summed E-state index contributed by atoms with van der Waals surface area (Å²) in [6.07, 6.45) is 3.32. The minimum Gasteiger partial charge on any atom is -0.508 e. The highest BCUT2D eigenvalue weighted by atomic mass is 16.4. The van der Waals surface area contributed by atoms with E-state index in [0.29, 0.717) is 37.7 Å². The van der Waals surface area contributed by atoms with Gasteiger partial charge in [-0.25, -0.2) is 4.79 Å². The molecule has 1 aromatic carbocycles. The first-order valence-electron chi connectivity index (χ1n) is 19.5. The molecule has 314 valence electrons. The smallest absolute Gasteiger partial charge is 0.326 e. The van der Waals surface area contributed by atoms with Crippen LogP contribution in [-0.4, -0.2) is 120 Å². The number of hydrogen-bond acceptors (Lipinski definition) is 11. The molecule has 1 aliphatic rings. The van der Waals surface area contributed by atoms with Crippen LogP contribution in [0.25, 0.3) is 0 Å². The Balaban J connectivity index is 2.14. The van der Waals surface area contributed by atoms with E-state index in [0.717, 1.165) is 13.0 Å². The third-order valence-electron chi connectivity index (χ3n) is 9.77. The number of aliphatic carboxylic acids is 1. The molecule has 0 aliphatic carbocycles. The quantitative estimate of drug-likeness (QED) is 0.0379. The summed E-state index contributed by atoms with van der Waals surface area (Å²) in [5.41, 5.74) is 18.6. The molecule has 2 rings (SSSR count). The number of nitrogens with two attached hydrogens (primary N) is 3. The van der Waals surface area contributed by atoms with Crippen molar-refractivity contribution in [3.8, 4) is 5.75 Å². The van der Waals surface area contributed by atoms with Gasteiger partial charge in [-0.1, -0.05) is 46.2 Å². The van der Waals surface area contributed by atoms with Gasteiger partial charge < -0.3 is 53.6 Å². The number of guanidine groups is 1. The van der Waals surface area contributed by atoms with Crippen molar-refractivity contribution in [1.29, 1.82) is 0 Å². The fourth-order valence-electron chi connectivity index (χ4n) is 6.29. The van der Waals surface area contributed by atoms with Gasteiger partial charge in [-0.3, -0.25) is 34.3 Å². The van der Waals surface area contributed by atoms with Crippen LogP contribution in [0.5, 0.6) is 5.75 Å². The van der Waals surface area contributed by atoms with Gasteiger partial charge in [-0.2, -0.15) is 0 Å². The summed E-state index contributed by atoms with van der Waals surface area (Å²) in [4.78, 5) is 84.4. The predicted octanol–water partition coefficient (Wildman–Crippen LogP) is -0.578. The van der Waals surface area contributed by atoms with Gasteiger partial charge in [0, 0.05) is 19.5 Å². The van der Waals surface area contributed by atoms with E-state index in [1.807, 2.05) is 27.8 Å². The molecule has 13 N–H and O–H groups in total. The first kappa shape index (κ1) is 47.3. The van der Waals surface area contributed by atoms with E-state index in [9.17, 15) is 39.0 Å². The minimum atomic E-state index is -1.20. The van der Waals surface area contributed by atoms with E-state index in [1.165, 1.54) is 17.0 Å². The number of carboxylic acids is 1. The number of carbonyl (C=O) groups is 6. The highest BCUT2D eigenvalue weighted by Crippen LogP contribution is 2.20. The van der Waals surface area contributed by atoms with Crippen molar-refractivity contribution in [2.45, 2.75) is 122 Å². The topological polar surface area (TPSA) is 297 Å². The molecule has 7 atom stereocenters. The zero-order chi connectivity index (χ0) is 41.9. The van der Waals surface area contributed by atoms with Gasteiger partial charge in [0.15, 0.2) is 5.96 Å². The number of likely N-dealkylation sites (tertiary alicyclic amines) is 1. The fourth-order valence-corrected chi connectivity index (χ4v) is 6.29. The maximum absolute atomic E-state index is 13.9. The number of nitrogens with one attached hydrogen (secondary N) is 5. The van der Waals surface area contributed by atoms with E-state index < -0.39 is 71.8 Å². The van der Waals surface area contributed by atoms with Crippen LogP contribution < -0.4 is 43.8 Å². The van der Waals surface area contributed by atoms with E-state index in [4.69, 9.17) is 17.2 Å². The van der Waals surface area contributed by atoms with Crippen molar-refractivity contribution >= 4 is 41.5 Å². The summed E-state index contributed by atoms with van der Waals surface area (Å²) in [6.45, 7) is 8.45. The summed E-state index contributed by atoms with van der Waals surface area (Å²) in [7, 11) is 1.81. The van der Waals surface area contributed by atoms with Crippen LogP contribution >= 0.6 is 0 Å². The molecule has 1 aliphatic heterocycles. The number of nitrogens with zero attached hydrogens (tertiary/aromatic N) is 2. The maximum atomic E-state index is 13.9. The average molecular weight is 789 g/mol. The number of phenolic OH excluding ortho intramolecular Hbond substituents is 1. The van der Waals surface area contributed by atoms with Crippen molar-refractivity contribution in [2.75, 3.05) is 26.7 Å². The zero-order valence-corrected chi connectivity index (χ0v) is 33.4. The molecule has 5 amide bonds. The van der Waals surface area contributed by atoms with Crippen LogP contribution in [0.4, 0.5) is 0 Å². The summed E-state index contributed by atoms with van der Waals surface area (Å²) in [6, 6.07) is 0.0321. The standard InChI is InChI=1S/C38H64N10O8/c1-6-23(4)31(35(53)45-29(37(55)56)20-22(2)3)46-33(51)28(21-24-13-15-25(49)16-14-24)44-34(52)30-12-9-19-48(30)36(54)27(40)11-8-18-43-38(41)47-32(50)26(39)10-7-17-42-5/h13-16,22-23,26-31,42,49H,6-12,17-21,39-40H2,1-5H3,(H,44,52)(H,45,53)(H,46,51)(H,55,56)(H3,41,43,47,50)/t23-,26-,27-,28-,29-,30-,31-/m0/s1. The molecule has 0 radical (unpaired) electrons. The lowest BCUT2D eigenvalue weighted by Gasteiger charge is -2.30. The molecule has 0 spiro atoms. The van der Waals surface area contributed by atoms with Gasteiger partial charge in [0.2, 0.25) is 29.5 Å². The Morgan fingerprint density at radius 2 is 1.57 bits per heavy atom. The molecule has 1 heterocycles. The molecule has 1 aromatic rings. The van der Waals surface area contributed by atoms with Crippen molar-refractivity contribution in [1.82, 2.24) is 31.5 Å². The third kappa shape index (κ3) is 15.7. The highest BCUT2D eigenvalue weighted by molar-refractivity contribution is 5.98. The van der Waals surface area contributed by atoms with Gasteiger partial charge in [-0.05, 0) is 88.1 Å². The lowest BCUT2D eigenvalue weighted by Crippen LogP contribution is -2.59. The van der Waals surface area contributed by atoms with Gasteiger partial charge >= 0.3 is 5.97 Å². The molecular weight excluding hydrogens is 724 g/mol. The summed E-state index contributed by atoms with van der Waals surface area (Å²) < 4.78 is 0. The molecule has 56 heavy (non-hydrogen) atoms. The second-order valence-corrected chi connectivity index (χ2v) is 14.9. The summed E-state index contributed by atoms with van der Waals surface area (Å²) in [5, 5.41) is 33.1. The average Bonchev–Trinajstić information content (AvgIpc) is 3.65. The highest BCUT2D eigenvalue weighted by Gasteiger charge is 2.38. The molecule has 18 nitrogen and oxygen atoms in total. The molecule has 1 fully saturated rings. The molecule has 0 saturated carbocycles. The van der Waals surface area contributed by atoms with E-state index in [-0.39, 0.29) is 55.9 Å². The molecule has 0 aromatic heterocycles. The van der Waals surface area contributed by atoms with Gasteiger partial charge in [0.1, 0.15) is 29.9 Å². The Morgan fingerprint density at radius 1 is 0.911 bits per heavy atom. The Morgan fingerprint density at radius 3 is 2.18 bits per heavy atom. The molecule has 18 heteroatoms.